The maximum atomic E-state index is 12.8. The number of carbonyl (C=O) groups excluding carboxylic acids is 1. The van der Waals surface area contributed by atoms with E-state index in [1.165, 1.54) is 20.2 Å². The van der Waals surface area contributed by atoms with Crippen molar-refractivity contribution < 1.29 is 22.7 Å². The Kier molecular flexibility index (Phi) is 6.80. The SMILES string of the molecule is Cc1cc(S(=O)(=O)N(C)C)cc(NC(=O)c2cccc(OC[C@H]3CCCO3)c2)c1C. The molecule has 1 aliphatic rings. The lowest BCUT2D eigenvalue weighted by molar-refractivity contribution is 0.0679. The van der Waals surface area contributed by atoms with E-state index in [4.69, 9.17) is 9.47 Å². The minimum Gasteiger partial charge on any atom is -0.491 e. The van der Waals surface area contributed by atoms with Crippen molar-refractivity contribution in [2.45, 2.75) is 37.7 Å². The maximum absolute atomic E-state index is 12.8. The summed E-state index contributed by atoms with van der Waals surface area (Å²) >= 11 is 0. The molecule has 0 aliphatic carbocycles. The number of carbonyl (C=O) groups is 1. The fourth-order valence-corrected chi connectivity index (χ4v) is 4.22. The number of nitrogens with one attached hydrogen (secondary N) is 1. The lowest BCUT2D eigenvalue weighted by Crippen LogP contribution is -2.23. The van der Waals surface area contributed by atoms with Crippen molar-refractivity contribution in [2.24, 2.45) is 0 Å². The fraction of sp³-hybridized carbons (Fsp3) is 0.409. The zero-order valence-electron chi connectivity index (χ0n) is 17.8. The fourth-order valence-electron chi connectivity index (χ4n) is 3.20. The molecule has 30 heavy (non-hydrogen) atoms. The summed E-state index contributed by atoms with van der Waals surface area (Å²) in [6.45, 7) is 4.88. The first-order chi connectivity index (χ1) is 14.2. The number of benzene rings is 2. The quantitative estimate of drug-likeness (QED) is 0.725. The second-order valence-corrected chi connectivity index (χ2v) is 9.78. The molecule has 1 atom stereocenters. The van der Waals surface area contributed by atoms with Gasteiger partial charge in [-0.1, -0.05) is 6.07 Å². The molecule has 1 N–H and O–H groups in total. The van der Waals surface area contributed by atoms with E-state index in [0.717, 1.165) is 34.9 Å². The van der Waals surface area contributed by atoms with E-state index >= 15 is 0 Å². The van der Waals surface area contributed by atoms with Crippen LogP contribution >= 0.6 is 0 Å². The molecule has 8 heteroatoms. The summed E-state index contributed by atoms with van der Waals surface area (Å²) in [6.07, 6.45) is 2.11. The van der Waals surface area contributed by atoms with Gasteiger partial charge >= 0.3 is 0 Å². The number of rotatable bonds is 7. The third kappa shape index (κ3) is 5.00. The standard InChI is InChI=1S/C22H28N2O5S/c1-15-11-20(30(26,27)24(3)4)13-21(16(15)2)23-22(25)17-7-5-8-18(12-17)29-14-19-9-6-10-28-19/h5,7-8,11-13,19H,6,9-10,14H2,1-4H3,(H,23,25)/t19-/m1/s1. The van der Waals surface area contributed by atoms with Crippen molar-refractivity contribution in [3.8, 4) is 5.75 Å². The van der Waals surface area contributed by atoms with Crippen molar-refractivity contribution >= 4 is 21.6 Å². The number of ether oxygens (including phenoxy) is 2. The Bertz CT molecular complexity index is 1030. The zero-order chi connectivity index (χ0) is 21.9. The van der Waals surface area contributed by atoms with Gasteiger partial charge in [0.25, 0.3) is 5.91 Å². The summed E-state index contributed by atoms with van der Waals surface area (Å²) in [5.41, 5.74) is 2.48. The zero-order valence-corrected chi connectivity index (χ0v) is 18.6. The highest BCUT2D eigenvalue weighted by molar-refractivity contribution is 7.89. The molecule has 0 radical (unpaired) electrons. The number of nitrogens with zero attached hydrogens (tertiary/aromatic N) is 1. The third-order valence-corrected chi connectivity index (χ3v) is 7.02. The number of amides is 1. The van der Waals surface area contributed by atoms with Crippen molar-refractivity contribution in [3.63, 3.8) is 0 Å². The lowest BCUT2D eigenvalue weighted by atomic mass is 10.1. The molecule has 1 amide bonds. The van der Waals surface area contributed by atoms with Crippen molar-refractivity contribution in [2.75, 3.05) is 32.6 Å². The van der Waals surface area contributed by atoms with E-state index in [1.807, 2.05) is 13.8 Å². The van der Waals surface area contributed by atoms with Gasteiger partial charge in [0.1, 0.15) is 12.4 Å². The van der Waals surface area contributed by atoms with Crippen molar-refractivity contribution in [1.82, 2.24) is 4.31 Å². The van der Waals surface area contributed by atoms with Crippen LogP contribution in [0.25, 0.3) is 0 Å². The van der Waals surface area contributed by atoms with Crippen molar-refractivity contribution in [3.05, 3.63) is 53.1 Å². The van der Waals surface area contributed by atoms with E-state index < -0.39 is 10.0 Å². The summed E-state index contributed by atoms with van der Waals surface area (Å²) < 4.78 is 37.5. The van der Waals surface area contributed by atoms with Gasteiger partial charge in [0, 0.05) is 32.0 Å². The molecule has 2 aromatic rings. The summed E-state index contributed by atoms with van der Waals surface area (Å²) in [6, 6.07) is 10.0. The Labute approximate surface area is 178 Å². The average molecular weight is 433 g/mol. The van der Waals surface area contributed by atoms with Crippen LogP contribution in [0.5, 0.6) is 5.75 Å². The second kappa shape index (κ2) is 9.16. The Balaban J connectivity index is 1.78. The minimum absolute atomic E-state index is 0.0921. The highest BCUT2D eigenvalue weighted by atomic mass is 32.2. The van der Waals surface area contributed by atoms with E-state index in [2.05, 4.69) is 5.32 Å². The van der Waals surface area contributed by atoms with E-state index in [0.29, 0.717) is 23.6 Å². The Morgan fingerprint density at radius 3 is 2.67 bits per heavy atom. The van der Waals surface area contributed by atoms with E-state index in [1.54, 1.807) is 30.3 Å². The van der Waals surface area contributed by atoms with Crippen LogP contribution in [0, 0.1) is 13.8 Å². The normalized spacial score (nSPS) is 16.6. The molecule has 7 nitrogen and oxygen atoms in total. The molecular weight excluding hydrogens is 404 g/mol. The van der Waals surface area contributed by atoms with Gasteiger partial charge in [0.2, 0.25) is 10.0 Å². The van der Waals surface area contributed by atoms with Crippen LogP contribution in [0.2, 0.25) is 0 Å². The molecule has 0 unspecified atom stereocenters. The summed E-state index contributed by atoms with van der Waals surface area (Å²) in [5, 5.41) is 2.84. The predicted molar refractivity (Wildman–Crippen MR) is 116 cm³/mol. The van der Waals surface area contributed by atoms with Crippen LogP contribution < -0.4 is 10.1 Å². The van der Waals surface area contributed by atoms with Gasteiger partial charge in [0.05, 0.1) is 11.0 Å². The van der Waals surface area contributed by atoms with Gasteiger partial charge in [-0.3, -0.25) is 4.79 Å². The summed E-state index contributed by atoms with van der Waals surface area (Å²) in [5.74, 6) is 0.259. The molecule has 3 rings (SSSR count). The van der Waals surface area contributed by atoms with Gasteiger partial charge in [-0.2, -0.15) is 0 Å². The van der Waals surface area contributed by atoms with Crippen LogP contribution in [0.3, 0.4) is 0 Å². The molecular formula is C22H28N2O5S. The highest BCUT2D eigenvalue weighted by Gasteiger charge is 2.21. The third-order valence-electron chi connectivity index (χ3n) is 5.22. The first-order valence-electron chi connectivity index (χ1n) is 9.88. The maximum Gasteiger partial charge on any atom is 0.255 e. The summed E-state index contributed by atoms with van der Waals surface area (Å²) in [4.78, 5) is 13.0. The molecule has 0 aromatic heterocycles. The second-order valence-electron chi connectivity index (χ2n) is 7.63. The first kappa shape index (κ1) is 22.3. The van der Waals surface area contributed by atoms with E-state index in [9.17, 15) is 13.2 Å². The Morgan fingerprint density at radius 2 is 2.00 bits per heavy atom. The first-order valence-corrected chi connectivity index (χ1v) is 11.3. The van der Waals surface area contributed by atoms with Crippen molar-refractivity contribution in [1.29, 1.82) is 0 Å². The van der Waals surface area contributed by atoms with Gasteiger partial charge in [-0.25, -0.2) is 12.7 Å². The monoisotopic (exact) mass is 432 g/mol. The van der Waals surface area contributed by atoms with Gasteiger partial charge in [-0.05, 0) is 68.1 Å². The number of hydrogen-bond donors (Lipinski definition) is 1. The van der Waals surface area contributed by atoms with Crippen LogP contribution in [-0.4, -0.2) is 52.0 Å². The van der Waals surface area contributed by atoms with E-state index in [-0.39, 0.29) is 16.9 Å². The number of hydrogen-bond acceptors (Lipinski definition) is 5. The van der Waals surface area contributed by atoms with Crippen LogP contribution in [0.1, 0.15) is 34.3 Å². The Hall–Kier alpha value is -2.42. The summed E-state index contributed by atoms with van der Waals surface area (Å²) in [7, 11) is -0.657. The topological polar surface area (TPSA) is 84.9 Å². The lowest BCUT2D eigenvalue weighted by Gasteiger charge is -2.17. The molecule has 1 aliphatic heterocycles. The Morgan fingerprint density at radius 1 is 1.23 bits per heavy atom. The van der Waals surface area contributed by atoms with Gasteiger partial charge in [-0.15, -0.1) is 0 Å². The predicted octanol–water partition coefficient (Wildman–Crippen LogP) is 3.36. The number of sulfonamides is 1. The van der Waals surface area contributed by atoms with Gasteiger partial charge < -0.3 is 14.8 Å². The molecule has 0 spiro atoms. The minimum atomic E-state index is -3.61. The molecule has 1 heterocycles. The molecule has 0 saturated carbocycles. The molecule has 1 saturated heterocycles. The molecule has 2 aromatic carbocycles. The highest BCUT2D eigenvalue weighted by Crippen LogP contribution is 2.26. The largest absolute Gasteiger partial charge is 0.491 e. The average Bonchev–Trinajstić information content (AvgIpc) is 3.23. The number of anilines is 1. The molecule has 1 fully saturated rings. The van der Waals surface area contributed by atoms with Crippen LogP contribution in [-0.2, 0) is 14.8 Å². The molecule has 0 bridgehead atoms. The van der Waals surface area contributed by atoms with Crippen LogP contribution in [0.4, 0.5) is 5.69 Å². The smallest absolute Gasteiger partial charge is 0.255 e. The number of aryl methyl sites for hydroxylation is 1. The van der Waals surface area contributed by atoms with Crippen LogP contribution in [0.15, 0.2) is 41.3 Å². The molecule has 162 valence electrons. The van der Waals surface area contributed by atoms with Gasteiger partial charge in [0.15, 0.2) is 0 Å².